The van der Waals surface area contributed by atoms with E-state index in [1.54, 1.807) is 35.6 Å². The van der Waals surface area contributed by atoms with E-state index in [2.05, 4.69) is 5.32 Å². The van der Waals surface area contributed by atoms with Crippen LogP contribution in [-0.4, -0.2) is 20.6 Å². The summed E-state index contributed by atoms with van der Waals surface area (Å²) in [6.07, 6.45) is 1.53. The van der Waals surface area contributed by atoms with Gasteiger partial charge in [-0.3, -0.25) is 4.79 Å². The summed E-state index contributed by atoms with van der Waals surface area (Å²) >= 11 is 1.56. The molecule has 0 saturated carbocycles. The fourth-order valence-electron chi connectivity index (χ4n) is 1.96. The second-order valence-corrected chi connectivity index (χ2v) is 7.73. The zero-order valence-electron chi connectivity index (χ0n) is 11.9. The molecule has 1 aromatic heterocycles. The van der Waals surface area contributed by atoms with E-state index in [1.807, 2.05) is 23.8 Å². The smallest absolute Gasteiger partial charge is 0.224 e. The number of nitrogens with one attached hydrogen (secondary N) is 1. The van der Waals surface area contributed by atoms with Gasteiger partial charge in [-0.25, -0.2) is 8.42 Å². The van der Waals surface area contributed by atoms with Crippen molar-refractivity contribution < 1.29 is 13.2 Å². The predicted molar refractivity (Wildman–Crippen MR) is 84.1 cm³/mol. The number of sulfone groups is 1. The molecule has 0 bridgehead atoms. The van der Waals surface area contributed by atoms with Gasteiger partial charge in [0.2, 0.25) is 5.91 Å². The number of carbonyl (C=O) groups is 1. The van der Waals surface area contributed by atoms with Gasteiger partial charge in [-0.15, -0.1) is 0 Å². The first-order valence-corrected chi connectivity index (χ1v) is 9.30. The molecular weight excluding hydrogens is 306 g/mol. The molecule has 21 heavy (non-hydrogen) atoms. The van der Waals surface area contributed by atoms with Crippen LogP contribution in [0.1, 0.15) is 24.1 Å². The fraction of sp³-hybridized carbons (Fsp3) is 0.267. The van der Waals surface area contributed by atoms with Gasteiger partial charge in [-0.2, -0.15) is 11.3 Å². The Morgan fingerprint density at radius 2 is 1.90 bits per heavy atom. The molecular formula is C15H17NO3S2. The Balaban J connectivity index is 2.00. The topological polar surface area (TPSA) is 63.2 Å². The van der Waals surface area contributed by atoms with Gasteiger partial charge in [0.05, 0.1) is 17.4 Å². The number of hydrogen-bond acceptors (Lipinski definition) is 4. The van der Waals surface area contributed by atoms with Crippen LogP contribution in [0.3, 0.4) is 0 Å². The van der Waals surface area contributed by atoms with Crippen molar-refractivity contribution in [3.63, 3.8) is 0 Å². The molecule has 0 aliphatic carbocycles. The van der Waals surface area contributed by atoms with Crippen molar-refractivity contribution in [1.29, 1.82) is 0 Å². The summed E-state index contributed by atoms with van der Waals surface area (Å²) in [5.41, 5.74) is 1.87. The summed E-state index contributed by atoms with van der Waals surface area (Å²) in [6, 6.07) is 8.34. The molecule has 2 aromatic rings. The van der Waals surface area contributed by atoms with Crippen LogP contribution in [0.4, 0.5) is 0 Å². The molecule has 1 amide bonds. The number of thiophene rings is 1. The lowest BCUT2D eigenvalue weighted by Gasteiger charge is -2.14. The van der Waals surface area contributed by atoms with Crippen LogP contribution in [0.5, 0.6) is 0 Å². The Labute approximate surface area is 128 Å². The highest BCUT2D eigenvalue weighted by molar-refractivity contribution is 7.90. The molecule has 0 saturated heterocycles. The van der Waals surface area contributed by atoms with Crippen LogP contribution in [0.2, 0.25) is 0 Å². The van der Waals surface area contributed by atoms with Gasteiger partial charge >= 0.3 is 0 Å². The van der Waals surface area contributed by atoms with Crippen LogP contribution in [0.25, 0.3) is 0 Å². The van der Waals surface area contributed by atoms with E-state index in [4.69, 9.17) is 0 Å². The predicted octanol–water partition coefficient (Wildman–Crippen LogP) is 2.57. The lowest BCUT2D eigenvalue weighted by Crippen LogP contribution is -2.27. The first-order chi connectivity index (χ1) is 9.86. The summed E-state index contributed by atoms with van der Waals surface area (Å²) in [5.74, 6) is -0.0481. The average molecular weight is 323 g/mol. The molecule has 0 radical (unpaired) electrons. The summed E-state index contributed by atoms with van der Waals surface area (Å²) in [6.45, 7) is 1.88. The van der Waals surface area contributed by atoms with E-state index >= 15 is 0 Å². The maximum Gasteiger partial charge on any atom is 0.224 e. The number of rotatable bonds is 5. The Bertz CT molecular complexity index is 704. The van der Waals surface area contributed by atoms with Crippen molar-refractivity contribution in [2.45, 2.75) is 24.3 Å². The quantitative estimate of drug-likeness (QED) is 0.920. The highest BCUT2D eigenvalue weighted by atomic mass is 32.2. The minimum absolute atomic E-state index is 0.0481. The molecule has 0 spiro atoms. The van der Waals surface area contributed by atoms with Gasteiger partial charge in [0.25, 0.3) is 0 Å². The summed E-state index contributed by atoms with van der Waals surface area (Å²) < 4.78 is 22.8. The third kappa shape index (κ3) is 4.41. The maximum absolute atomic E-state index is 11.9. The highest BCUT2D eigenvalue weighted by Crippen LogP contribution is 2.16. The average Bonchev–Trinajstić information content (AvgIpc) is 2.90. The largest absolute Gasteiger partial charge is 0.349 e. The van der Waals surface area contributed by atoms with Gasteiger partial charge in [-0.1, -0.05) is 12.1 Å². The lowest BCUT2D eigenvalue weighted by atomic mass is 10.1. The Morgan fingerprint density at radius 1 is 1.24 bits per heavy atom. The van der Waals surface area contributed by atoms with Crippen LogP contribution >= 0.6 is 11.3 Å². The zero-order chi connectivity index (χ0) is 15.5. The van der Waals surface area contributed by atoms with Crippen LogP contribution in [0, 0.1) is 0 Å². The van der Waals surface area contributed by atoms with E-state index in [0.717, 1.165) is 11.1 Å². The monoisotopic (exact) mass is 323 g/mol. The van der Waals surface area contributed by atoms with Crippen molar-refractivity contribution in [3.8, 4) is 0 Å². The van der Waals surface area contributed by atoms with Crippen molar-refractivity contribution in [3.05, 3.63) is 52.2 Å². The van der Waals surface area contributed by atoms with E-state index in [-0.39, 0.29) is 16.8 Å². The minimum atomic E-state index is -3.19. The summed E-state index contributed by atoms with van der Waals surface area (Å²) in [5, 5.41) is 6.80. The molecule has 0 fully saturated rings. The Hall–Kier alpha value is -1.66. The molecule has 1 aromatic carbocycles. The van der Waals surface area contributed by atoms with Gasteiger partial charge in [0.1, 0.15) is 0 Å². The normalized spacial score (nSPS) is 12.9. The second-order valence-electron chi connectivity index (χ2n) is 4.94. The molecule has 1 atom stereocenters. The second kappa shape index (κ2) is 6.41. The Morgan fingerprint density at radius 3 is 2.43 bits per heavy atom. The van der Waals surface area contributed by atoms with Crippen molar-refractivity contribution in [1.82, 2.24) is 5.32 Å². The molecule has 6 heteroatoms. The third-order valence-electron chi connectivity index (χ3n) is 3.13. The van der Waals surface area contributed by atoms with Crippen LogP contribution in [-0.2, 0) is 21.1 Å². The Kier molecular flexibility index (Phi) is 4.80. The molecule has 112 valence electrons. The van der Waals surface area contributed by atoms with Crippen molar-refractivity contribution >= 4 is 27.1 Å². The van der Waals surface area contributed by atoms with Gasteiger partial charge in [0, 0.05) is 6.26 Å². The van der Waals surface area contributed by atoms with Crippen molar-refractivity contribution in [2.75, 3.05) is 6.26 Å². The van der Waals surface area contributed by atoms with Crippen LogP contribution < -0.4 is 5.32 Å². The van der Waals surface area contributed by atoms with E-state index in [1.165, 1.54) is 6.26 Å². The third-order valence-corrected chi connectivity index (χ3v) is 4.99. The number of amides is 1. The minimum Gasteiger partial charge on any atom is -0.349 e. The van der Waals surface area contributed by atoms with Gasteiger partial charge in [0.15, 0.2) is 9.84 Å². The SMILES string of the molecule is C[C@H](NC(=O)Cc1ccsc1)c1ccc(S(C)(=O)=O)cc1. The standard InChI is InChI=1S/C15H17NO3S2/c1-11(16-15(17)9-12-7-8-20-10-12)13-3-5-14(6-4-13)21(2,18)19/h3-8,10-11H,9H2,1-2H3,(H,16,17)/t11-/m0/s1. The number of hydrogen-bond donors (Lipinski definition) is 1. The van der Waals surface area contributed by atoms with E-state index in [0.29, 0.717) is 6.42 Å². The van der Waals surface area contributed by atoms with E-state index < -0.39 is 9.84 Å². The fourth-order valence-corrected chi connectivity index (χ4v) is 3.26. The molecule has 4 nitrogen and oxygen atoms in total. The molecule has 2 rings (SSSR count). The van der Waals surface area contributed by atoms with Crippen molar-refractivity contribution in [2.24, 2.45) is 0 Å². The van der Waals surface area contributed by atoms with Gasteiger partial charge < -0.3 is 5.32 Å². The maximum atomic E-state index is 11.9. The number of carbonyl (C=O) groups excluding carboxylic acids is 1. The van der Waals surface area contributed by atoms with Crippen LogP contribution in [0.15, 0.2) is 46.0 Å². The van der Waals surface area contributed by atoms with E-state index in [9.17, 15) is 13.2 Å². The highest BCUT2D eigenvalue weighted by Gasteiger charge is 2.12. The molecule has 1 heterocycles. The first-order valence-electron chi connectivity index (χ1n) is 6.47. The first kappa shape index (κ1) is 15.7. The van der Waals surface area contributed by atoms with Gasteiger partial charge in [-0.05, 0) is 47.0 Å². The molecule has 0 unspecified atom stereocenters. The number of benzene rings is 1. The molecule has 0 aliphatic heterocycles. The molecule has 0 aliphatic rings. The molecule has 1 N–H and O–H groups in total. The summed E-state index contributed by atoms with van der Waals surface area (Å²) in [7, 11) is -3.19. The lowest BCUT2D eigenvalue weighted by molar-refractivity contribution is -0.121. The summed E-state index contributed by atoms with van der Waals surface area (Å²) in [4.78, 5) is 12.2. The zero-order valence-corrected chi connectivity index (χ0v) is 13.5.